The van der Waals surface area contributed by atoms with Crippen LogP contribution in [0.5, 0.6) is 0 Å². The van der Waals surface area contributed by atoms with Crippen molar-refractivity contribution in [1.82, 2.24) is 4.90 Å². The summed E-state index contributed by atoms with van der Waals surface area (Å²) >= 11 is 0. The van der Waals surface area contributed by atoms with Gasteiger partial charge in [0.25, 0.3) is 0 Å². The molecule has 1 rings (SSSR count). The molecular formula is C14H30N2. The van der Waals surface area contributed by atoms with E-state index in [2.05, 4.69) is 39.6 Å². The van der Waals surface area contributed by atoms with E-state index in [-0.39, 0.29) is 0 Å². The highest BCUT2D eigenvalue weighted by atomic mass is 15.2. The minimum atomic E-state index is 0.364. The fourth-order valence-electron chi connectivity index (χ4n) is 3.52. The van der Waals surface area contributed by atoms with E-state index in [1.807, 2.05) is 0 Å². The molecule has 0 bridgehead atoms. The Morgan fingerprint density at radius 1 is 1.31 bits per heavy atom. The van der Waals surface area contributed by atoms with Crippen LogP contribution in [0.25, 0.3) is 0 Å². The summed E-state index contributed by atoms with van der Waals surface area (Å²) in [5.74, 6) is 1.54. The van der Waals surface area contributed by atoms with Crippen LogP contribution >= 0.6 is 0 Å². The minimum absolute atomic E-state index is 0.364. The van der Waals surface area contributed by atoms with Crippen LogP contribution in [-0.4, -0.2) is 30.1 Å². The molecule has 2 N–H and O–H groups in total. The first-order valence-electron chi connectivity index (χ1n) is 6.94. The summed E-state index contributed by atoms with van der Waals surface area (Å²) in [4.78, 5) is 2.53. The highest BCUT2D eigenvalue weighted by molar-refractivity contribution is 4.92. The maximum absolute atomic E-state index is 6.35. The number of likely N-dealkylation sites (N-methyl/N-ethyl adjacent to an activating group) is 1. The van der Waals surface area contributed by atoms with Crippen molar-refractivity contribution >= 4 is 0 Å². The van der Waals surface area contributed by atoms with Gasteiger partial charge >= 0.3 is 0 Å². The van der Waals surface area contributed by atoms with E-state index >= 15 is 0 Å². The molecule has 5 unspecified atom stereocenters. The van der Waals surface area contributed by atoms with Crippen molar-refractivity contribution in [2.45, 2.75) is 71.5 Å². The van der Waals surface area contributed by atoms with E-state index in [1.165, 1.54) is 25.7 Å². The molecule has 0 spiro atoms. The molecule has 96 valence electrons. The molecule has 2 heteroatoms. The average molecular weight is 226 g/mol. The molecule has 0 amide bonds. The zero-order valence-corrected chi connectivity index (χ0v) is 11.7. The number of hydrogen-bond acceptors (Lipinski definition) is 2. The Kier molecular flexibility index (Phi) is 5.26. The zero-order chi connectivity index (χ0) is 12.3. The molecule has 0 aromatic rings. The number of rotatable bonds is 4. The Morgan fingerprint density at radius 3 is 2.44 bits per heavy atom. The average Bonchev–Trinajstić information content (AvgIpc) is 2.16. The molecular weight excluding hydrogens is 196 g/mol. The van der Waals surface area contributed by atoms with Crippen molar-refractivity contribution in [3.63, 3.8) is 0 Å². The highest BCUT2D eigenvalue weighted by Gasteiger charge is 2.35. The lowest BCUT2D eigenvalue weighted by atomic mass is 9.76. The predicted octanol–water partition coefficient (Wildman–Crippen LogP) is 2.87. The molecule has 2 nitrogen and oxygen atoms in total. The van der Waals surface area contributed by atoms with Gasteiger partial charge in [-0.1, -0.05) is 27.2 Å². The van der Waals surface area contributed by atoms with Gasteiger partial charge in [-0.05, 0) is 45.1 Å². The summed E-state index contributed by atoms with van der Waals surface area (Å²) in [7, 11) is 2.26. The van der Waals surface area contributed by atoms with Gasteiger partial charge in [-0.25, -0.2) is 0 Å². The first kappa shape index (κ1) is 14.0. The molecule has 1 saturated carbocycles. The fourth-order valence-corrected chi connectivity index (χ4v) is 3.52. The van der Waals surface area contributed by atoms with Crippen LogP contribution in [-0.2, 0) is 0 Å². The van der Waals surface area contributed by atoms with Crippen molar-refractivity contribution in [2.24, 2.45) is 17.6 Å². The molecule has 5 atom stereocenters. The van der Waals surface area contributed by atoms with Gasteiger partial charge in [0.1, 0.15) is 0 Å². The summed E-state index contributed by atoms with van der Waals surface area (Å²) < 4.78 is 0. The quantitative estimate of drug-likeness (QED) is 0.798. The summed E-state index contributed by atoms with van der Waals surface area (Å²) in [6.07, 6.45) is 5.07. The first-order chi connectivity index (χ1) is 7.47. The van der Waals surface area contributed by atoms with Crippen LogP contribution in [0.1, 0.15) is 53.4 Å². The van der Waals surface area contributed by atoms with Crippen LogP contribution < -0.4 is 5.73 Å². The molecule has 0 aliphatic heterocycles. The van der Waals surface area contributed by atoms with E-state index in [0.29, 0.717) is 18.1 Å². The summed E-state index contributed by atoms with van der Waals surface area (Å²) in [5.41, 5.74) is 6.35. The molecule has 0 radical (unpaired) electrons. The van der Waals surface area contributed by atoms with Gasteiger partial charge in [-0.2, -0.15) is 0 Å². The Bertz CT molecular complexity index is 193. The van der Waals surface area contributed by atoms with Gasteiger partial charge in [0.15, 0.2) is 0 Å². The van der Waals surface area contributed by atoms with Gasteiger partial charge in [0, 0.05) is 18.1 Å². The Hall–Kier alpha value is -0.0800. The summed E-state index contributed by atoms with van der Waals surface area (Å²) in [5, 5.41) is 0. The predicted molar refractivity (Wildman–Crippen MR) is 71.5 cm³/mol. The Labute approximate surface area is 102 Å². The Morgan fingerprint density at radius 2 is 1.94 bits per heavy atom. The molecule has 1 fully saturated rings. The van der Waals surface area contributed by atoms with E-state index in [0.717, 1.165) is 11.8 Å². The van der Waals surface area contributed by atoms with Crippen LogP contribution in [0.4, 0.5) is 0 Å². The monoisotopic (exact) mass is 226 g/mol. The van der Waals surface area contributed by atoms with Gasteiger partial charge in [-0.15, -0.1) is 0 Å². The topological polar surface area (TPSA) is 29.3 Å². The van der Waals surface area contributed by atoms with Crippen molar-refractivity contribution in [2.75, 3.05) is 7.05 Å². The smallest absolute Gasteiger partial charge is 0.0272 e. The van der Waals surface area contributed by atoms with Crippen molar-refractivity contribution in [3.8, 4) is 0 Å². The van der Waals surface area contributed by atoms with E-state index in [1.54, 1.807) is 0 Å². The lowest BCUT2D eigenvalue weighted by molar-refractivity contribution is 0.0658. The van der Waals surface area contributed by atoms with Crippen molar-refractivity contribution < 1.29 is 0 Å². The molecule has 1 aliphatic carbocycles. The van der Waals surface area contributed by atoms with Crippen LogP contribution in [0.3, 0.4) is 0 Å². The van der Waals surface area contributed by atoms with Crippen molar-refractivity contribution in [1.29, 1.82) is 0 Å². The van der Waals surface area contributed by atoms with Crippen molar-refractivity contribution in [3.05, 3.63) is 0 Å². The van der Waals surface area contributed by atoms with Gasteiger partial charge in [-0.3, -0.25) is 4.90 Å². The number of nitrogens with zero attached hydrogens (tertiary/aromatic N) is 1. The summed E-state index contributed by atoms with van der Waals surface area (Å²) in [6, 6.07) is 1.61. The summed E-state index contributed by atoms with van der Waals surface area (Å²) in [6.45, 7) is 9.30. The fraction of sp³-hybridized carbons (Fsp3) is 1.00. The van der Waals surface area contributed by atoms with Gasteiger partial charge < -0.3 is 5.73 Å². The molecule has 0 heterocycles. The third-order valence-corrected chi connectivity index (χ3v) is 4.34. The molecule has 16 heavy (non-hydrogen) atoms. The van der Waals surface area contributed by atoms with E-state index in [4.69, 9.17) is 5.73 Å². The van der Waals surface area contributed by atoms with E-state index in [9.17, 15) is 0 Å². The molecule has 0 aromatic heterocycles. The van der Waals surface area contributed by atoms with E-state index < -0.39 is 0 Å². The molecule has 1 aliphatic rings. The van der Waals surface area contributed by atoms with Gasteiger partial charge in [0.05, 0.1) is 0 Å². The maximum Gasteiger partial charge on any atom is 0.0272 e. The Balaban J connectivity index is 2.62. The van der Waals surface area contributed by atoms with Crippen LogP contribution in [0.15, 0.2) is 0 Å². The molecule has 0 aromatic carbocycles. The lowest BCUT2D eigenvalue weighted by Gasteiger charge is -2.45. The lowest BCUT2D eigenvalue weighted by Crippen LogP contribution is -2.55. The second-order valence-electron chi connectivity index (χ2n) is 6.01. The van der Waals surface area contributed by atoms with Gasteiger partial charge in [0.2, 0.25) is 0 Å². The largest absolute Gasteiger partial charge is 0.326 e. The SMILES string of the molecule is CCCC(C)N(C)C1C(C)CC(C)CC1N. The second-order valence-corrected chi connectivity index (χ2v) is 6.01. The zero-order valence-electron chi connectivity index (χ0n) is 11.7. The number of nitrogens with two attached hydrogens (primary N) is 1. The third kappa shape index (κ3) is 3.21. The highest BCUT2D eigenvalue weighted by Crippen LogP contribution is 2.32. The minimum Gasteiger partial charge on any atom is -0.326 e. The first-order valence-corrected chi connectivity index (χ1v) is 6.94. The van der Waals surface area contributed by atoms with Crippen LogP contribution in [0, 0.1) is 11.8 Å². The third-order valence-electron chi connectivity index (χ3n) is 4.34. The normalized spacial score (nSPS) is 37.7. The number of hydrogen-bond donors (Lipinski definition) is 1. The second kappa shape index (κ2) is 6.02. The molecule has 0 saturated heterocycles. The standard InChI is InChI=1S/C14H30N2/c1-6-7-12(4)16(5)14-11(3)8-10(2)9-13(14)15/h10-14H,6-9,15H2,1-5H3. The van der Waals surface area contributed by atoms with Crippen LogP contribution in [0.2, 0.25) is 0 Å². The maximum atomic E-state index is 6.35.